The van der Waals surface area contributed by atoms with Crippen molar-refractivity contribution in [1.82, 2.24) is 20.5 Å². The van der Waals surface area contributed by atoms with Crippen LogP contribution >= 0.6 is 11.8 Å². The summed E-state index contributed by atoms with van der Waals surface area (Å²) in [6.07, 6.45) is 2.37. The first kappa shape index (κ1) is 36.7. The number of benzene rings is 2. The van der Waals surface area contributed by atoms with Crippen LogP contribution in [0.25, 0.3) is 22.2 Å². The van der Waals surface area contributed by atoms with Gasteiger partial charge in [-0.25, -0.2) is 14.6 Å². The molecule has 0 spiro atoms. The average Bonchev–Trinajstić information content (AvgIpc) is 3.61. The van der Waals surface area contributed by atoms with Gasteiger partial charge in [-0.05, 0) is 57.1 Å². The predicted octanol–water partition coefficient (Wildman–Crippen LogP) is 6.06. The van der Waals surface area contributed by atoms with Gasteiger partial charge in [0.15, 0.2) is 0 Å². The van der Waals surface area contributed by atoms with Crippen LogP contribution in [-0.2, 0) is 19.1 Å². The maximum atomic E-state index is 14.4. The summed E-state index contributed by atoms with van der Waals surface area (Å²) in [7, 11) is 0. The third kappa shape index (κ3) is 7.90. The lowest BCUT2D eigenvalue weighted by atomic mass is 9.85. The Morgan fingerprint density at radius 1 is 1.08 bits per heavy atom. The molecular weight excluding hydrogens is 657 g/mol. The number of nitrogens with zero attached hydrogens (tertiary/aromatic N) is 2. The van der Waals surface area contributed by atoms with Gasteiger partial charge in [0, 0.05) is 34.3 Å². The Bertz CT molecular complexity index is 1800. The van der Waals surface area contributed by atoms with E-state index in [1.54, 1.807) is 53.3 Å². The van der Waals surface area contributed by atoms with Crippen LogP contribution in [0.2, 0.25) is 0 Å². The highest BCUT2D eigenvalue weighted by Crippen LogP contribution is 2.45. The second kappa shape index (κ2) is 14.0. The van der Waals surface area contributed by atoms with Crippen molar-refractivity contribution in [2.75, 3.05) is 12.8 Å². The monoisotopic (exact) mass is 702 g/mol. The molecule has 2 heterocycles. The Hall–Kier alpha value is -4.58. The van der Waals surface area contributed by atoms with Gasteiger partial charge in [0.05, 0.1) is 17.8 Å². The lowest BCUT2D eigenvalue weighted by molar-refractivity contribution is -0.146. The molecule has 0 bridgehead atoms. The number of alkyl carbamates (subject to hydrolysis) is 1. The quantitative estimate of drug-likeness (QED) is 0.170. The molecule has 3 amide bonds. The van der Waals surface area contributed by atoms with E-state index in [-0.39, 0.29) is 19.4 Å². The third-order valence-corrected chi connectivity index (χ3v) is 9.72. The van der Waals surface area contributed by atoms with E-state index in [4.69, 9.17) is 14.5 Å². The van der Waals surface area contributed by atoms with Crippen molar-refractivity contribution in [3.05, 3.63) is 67.3 Å². The van der Waals surface area contributed by atoms with E-state index in [0.717, 1.165) is 21.4 Å². The summed E-state index contributed by atoms with van der Waals surface area (Å²) in [6.45, 7) is 14.3. The van der Waals surface area contributed by atoms with Crippen LogP contribution in [0, 0.1) is 11.3 Å². The van der Waals surface area contributed by atoms with Crippen molar-refractivity contribution in [2.45, 2.75) is 88.6 Å². The minimum Gasteiger partial charge on any atom is -0.488 e. The first-order valence-electron chi connectivity index (χ1n) is 16.6. The lowest BCUT2D eigenvalue weighted by Gasteiger charge is -2.35. The third-order valence-electron chi connectivity index (χ3n) is 8.99. The van der Waals surface area contributed by atoms with Gasteiger partial charge in [0.2, 0.25) is 11.8 Å². The number of aromatic nitrogens is 1. The van der Waals surface area contributed by atoms with E-state index in [1.807, 2.05) is 60.9 Å². The molecule has 3 N–H and O–H groups in total. The molecule has 2 aromatic carbocycles. The molecular formula is C38H46N4O7S. The molecule has 1 aliphatic heterocycles. The van der Waals surface area contributed by atoms with E-state index < -0.39 is 64.5 Å². The van der Waals surface area contributed by atoms with Crippen LogP contribution in [-0.4, -0.2) is 81.0 Å². The Kier molecular flexibility index (Phi) is 10.3. The fraction of sp³-hybridized carbons (Fsp3) is 0.447. The Morgan fingerprint density at radius 3 is 2.36 bits per heavy atom. The SMILES string of the molecule is C=C[C@H]1CC1(NC(=O)[C@@H]1C[C@@H](Oc2cc(-c3ccccc3)nc3cc(SC)ccc23)CN1C(=O)[C@@H](NC(=O)OC(C)(C)C)C(C)(C)C)C(=O)O. The van der Waals surface area contributed by atoms with Crippen LogP contribution in [0.3, 0.4) is 0 Å². The fourth-order valence-electron chi connectivity index (χ4n) is 6.27. The number of likely N-dealkylation sites (tertiary alicyclic amines) is 1. The van der Waals surface area contributed by atoms with Crippen LogP contribution < -0.4 is 15.4 Å². The second-order valence-electron chi connectivity index (χ2n) is 15.0. The van der Waals surface area contributed by atoms with Crippen molar-refractivity contribution < 1.29 is 33.8 Å². The van der Waals surface area contributed by atoms with Gasteiger partial charge in [0.25, 0.3) is 0 Å². The summed E-state index contributed by atoms with van der Waals surface area (Å²) >= 11 is 1.60. The number of carboxylic acid groups (broad SMARTS) is 1. The number of thioether (sulfide) groups is 1. The molecule has 50 heavy (non-hydrogen) atoms. The maximum absolute atomic E-state index is 14.4. The molecule has 11 nitrogen and oxygen atoms in total. The number of rotatable bonds is 10. The van der Waals surface area contributed by atoms with E-state index in [1.165, 1.54) is 11.0 Å². The van der Waals surface area contributed by atoms with Crippen molar-refractivity contribution in [3.63, 3.8) is 0 Å². The van der Waals surface area contributed by atoms with Crippen molar-refractivity contribution in [3.8, 4) is 17.0 Å². The molecule has 12 heteroatoms. The average molecular weight is 703 g/mol. The number of carbonyl (C=O) groups excluding carboxylic acids is 3. The summed E-state index contributed by atoms with van der Waals surface area (Å²) in [5.74, 6) is -2.20. The number of ether oxygens (including phenoxy) is 2. The number of amides is 3. The second-order valence-corrected chi connectivity index (χ2v) is 15.9. The number of nitrogens with one attached hydrogen (secondary N) is 2. The van der Waals surface area contributed by atoms with E-state index in [0.29, 0.717) is 11.4 Å². The van der Waals surface area contributed by atoms with Crippen molar-refractivity contribution in [2.24, 2.45) is 11.3 Å². The van der Waals surface area contributed by atoms with E-state index in [9.17, 15) is 24.3 Å². The van der Waals surface area contributed by atoms with Crippen LogP contribution in [0.15, 0.2) is 72.1 Å². The normalized spacial score (nSPS) is 22.4. The van der Waals surface area contributed by atoms with Gasteiger partial charge < -0.3 is 30.1 Å². The molecule has 5 rings (SSSR count). The van der Waals surface area contributed by atoms with Gasteiger partial charge in [0.1, 0.15) is 35.1 Å². The minimum atomic E-state index is -1.49. The zero-order valence-electron chi connectivity index (χ0n) is 29.6. The van der Waals surface area contributed by atoms with E-state index >= 15 is 0 Å². The van der Waals surface area contributed by atoms with Crippen LogP contribution in [0.1, 0.15) is 54.4 Å². The first-order chi connectivity index (χ1) is 23.5. The number of aliphatic carboxylic acids is 1. The number of hydrogen-bond donors (Lipinski definition) is 3. The summed E-state index contributed by atoms with van der Waals surface area (Å²) in [5, 5.41) is 16.2. The predicted molar refractivity (Wildman–Crippen MR) is 193 cm³/mol. The summed E-state index contributed by atoms with van der Waals surface area (Å²) in [5.41, 5.74) is -0.739. The molecule has 0 radical (unpaired) electrons. The van der Waals surface area contributed by atoms with Crippen molar-refractivity contribution >= 4 is 46.5 Å². The van der Waals surface area contributed by atoms with Gasteiger partial charge >= 0.3 is 12.1 Å². The first-order valence-corrected chi connectivity index (χ1v) is 17.9. The van der Waals surface area contributed by atoms with Gasteiger partial charge in [-0.3, -0.25) is 9.59 Å². The highest BCUT2D eigenvalue weighted by atomic mass is 32.2. The number of carbonyl (C=O) groups is 4. The topological polar surface area (TPSA) is 147 Å². The Morgan fingerprint density at radius 2 is 1.78 bits per heavy atom. The molecule has 1 aliphatic carbocycles. The van der Waals surface area contributed by atoms with Crippen LogP contribution in [0.5, 0.6) is 5.75 Å². The molecule has 2 aliphatic rings. The molecule has 1 aromatic heterocycles. The minimum absolute atomic E-state index is 0.0117. The zero-order chi connectivity index (χ0) is 36.6. The standard InChI is InChI=1S/C38H46N4O7S/c1-9-23-20-38(23,34(45)46)41-32(43)29-17-24(21-42(29)33(44)31(36(2,3)4)40-35(47)49-37(5,6)7)48-30-19-27(22-13-11-10-12-14-22)39-28-18-25(50-8)15-16-26(28)30/h9-16,18-19,23-24,29,31H,1,17,20-21H2,2-8H3,(H,40,47)(H,41,43)(H,45,46)/t23-,24+,29-,31+,38?/m0/s1. The Balaban J connectivity index is 1.51. The van der Waals surface area contributed by atoms with Gasteiger partial charge in [-0.2, -0.15) is 0 Å². The highest BCUT2D eigenvalue weighted by molar-refractivity contribution is 7.98. The highest BCUT2D eigenvalue weighted by Gasteiger charge is 2.61. The number of carboxylic acids is 1. The molecule has 3 aromatic rings. The fourth-order valence-corrected chi connectivity index (χ4v) is 6.70. The molecule has 1 unspecified atom stereocenters. The van der Waals surface area contributed by atoms with Crippen LogP contribution in [0.4, 0.5) is 4.79 Å². The molecule has 2 fully saturated rings. The lowest BCUT2D eigenvalue weighted by Crippen LogP contribution is -2.59. The number of hydrogen-bond acceptors (Lipinski definition) is 8. The molecule has 1 saturated carbocycles. The summed E-state index contributed by atoms with van der Waals surface area (Å²) < 4.78 is 12.1. The molecule has 266 valence electrons. The number of fused-ring (bicyclic) bond motifs is 1. The summed E-state index contributed by atoms with van der Waals surface area (Å²) in [4.78, 5) is 61.0. The largest absolute Gasteiger partial charge is 0.488 e. The smallest absolute Gasteiger partial charge is 0.408 e. The zero-order valence-corrected chi connectivity index (χ0v) is 30.4. The number of pyridine rings is 1. The maximum Gasteiger partial charge on any atom is 0.408 e. The van der Waals surface area contributed by atoms with Gasteiger partial charge in [-0.15, -0.1) is 18.3 Å². The summed E-state index contributed by atoms with van der Waals surface area (Å²) in [6, 6.07) is 15.3. The van der Waals surface area contributed by atoms with Crippen molar-refractivity contribution in [1.29, 1.82) is 0 Å². The Labute approximate surface area is 297 Å². The van der Waals surface area contributed by atoms with E-state index in [2.05, 4.69) is 17.2 Å². The molecule has 1 saturated heterocycles. The van der Waals surface area contributed by atoms with Gasteiger partial charge in [-0.1, -0.05) is 57.2 Å². The molecule has 5 atom stereocenters.